The Kier molecular flexibility index (Phi) is 6.32. The summed E-state index contributed by atoms with van der Waals surface area (Å²) in [5.41, 5.74) is 1.11. The molecule has 0 aromatic heterocycles. The summed E-state index contributed by atoms with van der Waals surface area (Å²) in [7, 11) is 0. The second kappa shape index (κ2) is 7.25. The largest absolute Gasteiger partial charge is 0.310 e. The van der Waals surface area contributed by atoms with Crippen molar-refractivity contribution in [2.75, 3.05) is 6.54 Å². The summed E-state index contributed by atoms with van der Waals surface area (Å²) in [6.45, 7) is 7.53. The van der Waals surface area contributed by atoms with Gasteiger partial charge in [-0.1, -0.05) is 44.0 Å². The van der Waals surface area contributed by atoms with Crippen molar-refractivity contribution in [3.8, 4) is 0 Å². The fraction of sp³-hybridized carbons (Fsp3) is 0.571. The molecule has 0 amide bonds. The minimum atomic E-state index is 0.300. The summed E-state index contributed by atoms with van der Waals surface area (Å²) in [4.78, 5) is 0. The zero-order valence-electron chi connectivity index (χ0n) is 10.8. The Labute approximate surface area is 115 Å². The van der Waals surface area contributed by atoms with Gasteiger partial charge < -0.3 is 5.32 Å². The van der Waals surface area contributed by atoms with Crippen LogP contribution in [-0.4, -0.2) is 6.54 Å². The minimum absolute atomic E-state index is 0.300. The molecule has 1 atom stereocenters. The standard InChI is InChI=1S/C14H21Cl2N/c1-4-17-14(8-5-10(2)3)12-9-11(15)6-7-13(12)16/h6-7,9-10,14,17H,4-5,8H2,1-3H3. The van der Waals surface area contributed by atoms with Gasteiger partial charge in [0, 0.05) is 16.1 Å². The molecule has 1 N–H and O–H groups in total. The first kappa shape index (κ1) is 14.8. The monoisotopic (exact) mass is 273 g/mol. The predicted octanol–water partition coefficient (Wildman–Crippen LogP) is 5.08. The third-order valence-electron chi connectivity index (χ3n) is 2.82. The first-order valence-electron chi connectivity index (χ1n) is 6.23. The van der Waals surface area contributed by atoms with E-state index in [9.17, 15) is 0 Å². The highest BCUT2D eigenvalue weighted by Gasteiger charge is 2.14. The molecule has 1 aromatic carbocycles. The van der Waals surface area contributed by atoms with Crippen LogP contribution in [0.4, 0.5) is 0 Å². The van der Waals surface area contributed by atoms with Gasteiger partial charge in [-0.05, 0) is 49.1 Å². The lowest BCUT2D eigenvalue weighted by atomic mass is 9.97. The Hall–Kier alpha value is -0.240. The third-order valence-corrected chi connectivity index (χ3v) is 3.40. The topological polar surface area (TPSA) is 12.0 Å². The van der Waals surface area contributed by atoms with Crippen molar-refractivity contribution in [3.05, 3.63) is 33.8 Å². The van der Waals surface area contributed by atoms with E-state index in [0.29, 0.717) is 12.0 Å². The molecule has 0 saturated heterocycles. The van der Waals surface area contributed by atoms with E-state index in [0.717, 1.165) is 28.6 Å². The fourth-order valence-corrected chi connectivity index (χ4v) is 2.33. The molecule has 0 aliphatic heterocycles. The van der Waals surface area contributed by atoms with Gasteiger partial charge in [-0.2, -0.15) is 0 Å². The van der Waals surface area contributed by atoms with Gasteiger partial charge in [-0.25, -0.2) is 0 Å². The lowest BCUT2D eigenvalue weighted by molar-refractivity contribution is 0.448. The second-order valence-corrected chi connectivity index (χ2v) is 5.59. The first-order valence-corrected chi connectivity index (χ1v) is 6.98. The molecule has 0 bridgehead atoms. The Bertz CT molecular complexity index is 350. The Morgan fingerprint density at radius 3 is 2.47 bits per heavy atom. The van der Waals surface area contributed by atoms with E-state index < -0.39 is 0 Å². The molecular weight excluding hydrogens is 253 g/mol. The van der Waals surface area contributed by atoms with Crippen LogP contribution in [0.2, 0.25) is 10.0 Å². The molecule has 0 aliphatic carbocycles. The third kappa shape index (κ3) is 4.87. The van der Waals surface area contributed by atoms with E-state index in [1.54, 1.807) is 0 Å². The van der Waals surface area contributed by atoms with Crippen molar-refractivity contribution in [2.24, 2.45) is 5.92 Å². The number of nitrogens with one attached hydrogen (secondary N) is 1. The highest BCUT2D eigenvalue weighted by molar-refractivity contribution is 6.33. The molecule has 0 saturated carbocycles. The van der Waals surface area contributed by atoms with E-state index in [1.807, 2.05) is 18.2 Å². The average Bonchev–Trinajstić information content (AvgIpc) is 2.27. The van der Waals surface area contributed by atoms with E-state index in [-0.39, 0.29) is 0 Å². The fourth-order valence-electron chi connectivity index (χ4n) is 1.90. The van der Waals surface area contributed by atoms with Gasteiger partial charge in [0.2, 0.25) is 0 Å². The minimum Gasteiger partial charge on any atom is -0.310 e. The normalized spacial score (nSPS) is 13.1. The van der Waals surface area contributed by atoms with Crippen LogP contribution in [-0.2, 0) is 0 Å². The summed E-state index contributed by atoms with van der Waals surface area (Å²) in [5, 5.41) is 5.02. The van der Waals surface area contributed by atoms with Gasteiger partial charge in [-0.3, -0.25) is 0 Å². The van der Waals surface area contributed by atoms with Crippen LogP contribution in [0.3, 0.4) is 0 Å². The van der Waals surface area contributed by atoms with Crippen molar-refractivity contribution in [1.29, 1.82) is 0 Å². The molecule has 17 heavy (non-hydrogen) atoms. The second-order valence-electron chi connectivity index (χ2n) is 4.75. The van der Waals surface area contributed by atoms with E-state index in [1.165, 1.54) is 6.42 Å². The summed E-state index contributed by atoms with van der Waals surface area (Å²) in [5.74, 6) is 0.703. The number of benzene rings is 1. The maximum absolute atomic E-state index is 6.24. The summed E-state index contributed by atoms with van der Waals surface area (Å²) >= 11 is 12.3. The number of hydrogen-bond acceptors (Lipinski definition) is 1. The van der Waals surface area contributed by atoms with Gasteiger partial charge >= 0.3 is 0 Å². The van der Waals surface area contributed by atoms with Gasteiger partial charge in [0.15, 0.2) is 0 Å². The smallest absolute Gasteiger partial charge is 0.0454 e. The molecule has 1 rings (SSSR count). The zero-order valence-corrected chi connectivity index (χ0v) is 12.3. The predicted molar refractivity (Wildman–Crippen MR) is 77.0 cm³/mol. The Morgan fingerprint density at radius 1 is 1.18 bits per heavy atom. The van der Waals surface area contributed by atoms with E-state index >= 15 is 0 Å². The number of hydrogen-bond donors (Lipinski definition) is 1. The molecule has 1 aromatic rings. The summed E-state index contributed by atoms with van der Waals surface area (Å²) in [6.07, 6.45) is 2.27. The lowest BCUT2D eigenvalue weighted by Crippen LogP contribution is -2.21. The molecule has 1 nitrogen and oxygen atoms in total. The van der Waals surface area contributed by atoms with Crippen LogP contribution in [0.15, 0.2) is 18.2 Å². The zero-order chi connectivity index (χ0) is 12.8. The van der Waals surface area contributed by atoms with Gasteiger partial charge in [0.05, 0.1) is 0 Å². The van der Waals surface area contributed by atoms with Crippen LogP contribution < -0.4 is 5.32 Å². The van der Waals surface area contributed by atoms with Crippen LogP contribution >= 0.6 is 23.2 Å². The quantitative estimate of drug-likeness (QED) is 0.762. The number of halogens is 2. The Balaban J connectivity index is 2.84. The van der Waals surface area contributed by atoms with Gasteiger partial charge in [0.25, 0.3) is 0 Å². The number of rotatable bonds is 6. The average molecular weight is 274 g/mol. The molecule has 1 unspecified atom stereocenters. The van der Waals surface area contributed by atoms with Crippen molar-refractivity contribution in [2.45, 2.75) is 39.7 Å². The maximum Gasteiger partial charge on any atom is 0.0454 e. The molecule has 0 fully saturated rings. The highest BCUT2D eigenvalue weighted by atomic mass is 35.5. The Morgan fingerprint density at radius 2 is 1.88 bits per heavy atom. The van der Waals surface area contributed by atoms with E-state index in [2.05, 4.69) is 26.1 Å². The molecule has 0 aliphatic rings. The van der Waals surface area contributed by atoms with Crippen LogP contribution in [0, 0.1) is 5.92 Å². The van der Waals surface area contributed by atoms with Gasteiger partial charge in [0.1, 0.15) is 0 Å². The maximum atomic E-state index is 6.24. The van der Waals surface area contributed by atoms with Crippen molar-refractivity contribution >= 4 is 23.2 Å². The van der Waals surface area contributed by atoms with Crippen molar-refractivity contribution < 1.29 is 0 Å². The first-order chi connectivity index (χ1) is 8.04. The molecule has 0 radical (unpaired) electrons. The molecule has 3 heteroatoms. The molecular formula is C14H21Cl2N. The molecule has 0 spiro atoms. The van der Waals surface area contributed by atoms with Crippen molar-refractivity contribution in [3.63, 3.8) is 0 Å². The SMILES string of the molecule is CCNC(CCC(C)C)c1cc(Cl)ccc1Cl. The van der Waals surface area contributed by atoms with Gasteiger partial charge in [-0.15, -0.1) is 0 Å². The highest BCUT2D eigenvalue weighted by Crippen LogP contribution is 2.29. The summed E-state index contributed by atoms with van der Waals surface area (Å²) < 4.78 is 0. The van der Waals surface area contributed by atoms with Crippen LogP contribution in [0.1, 0.15) is 45.2 Å². The molecule has 96 valence electrons. The lowest BCUT2D eigenvalue weighted by Gasteiger charge is -2.20. The van der Waals surface area contributed by atoms with E-state index in [4.69, 9.17) is 23.2 Å². The molecule has 0 heterocycles. The van der Waals surface area contributed by atoms with Crippen LogP contribution in [0.5, 0.6) is 0 Å². The van der Waals surface area contributed by atoms with Crippen LogP contribution in [0.25, 0.3) is 0 Å². The summed E-state index contributed by atoms with van der Waals surface area (Å²) in [6, 6.07) is 5.98. The van der Waals surface area contributed by atoms with Crippen molar-refractivity contribution in [1.82, 2.24) is 5.32 Å².